The first kappa shape index (κ1) is 15.6. The molecule has 0 saturated carbocycles. The molecule has 3 aromatic rings. The Morgan fingerprint density at radius 2 is 1.96 bits per heavy atom. The molecule has 2 aromatic heterocycles. The molecule has 0 aliphatic carbocycles. The van der Waals surface area contributed by atoms with E-state index in [-0.39, 0.29) is 5.91 Å². The number of fused-ring (bicyclic) bond motifs is 1. The van der Waals surface area contributed by atoms with Crippen molar-refractivity contribution < 1.29 is 4.79 Å². The number of anilines is 1. The van der Waals surface area contributed by atoms with Gasteiger partial charge < -0.3 is 14.8 Å². The van der Waals surface area contributed by atoms with Gasteiger partial charge in [0.25, 0.3) is 0 Å². The quantitative estimate of drug-likeness (QED) is 0.777. The molecule has 1 amide bonds. The lowest BCUT2D eigenvalue weighted by Gasteiger charge is -2.15. The van der Waals surface area contributed by atoms with Crippen LogP contribution in [0.4, 0.5) is 5.95 Å². The Bertz CT molecular complexity index is 882. The number of aromatic nitrogens is 3. The SMILES string of the molecule is O=C(Cn1ccc2ccccc21)NCc1ccnc(N2CCCC2)n1. The van der Waals surface area contributed by atoms with Crippen molar-refractivity contribution >= 4 is 22.8 Å². The summed E-state index contributed by atoms with van der Waals surface area (Å²) in [6.45, 7) is 2.74. The zero-order valence-corrected chi connectivity index (χ0v) is 14.1. The topological polar surface area (TPSA) is 63.1 Å². The van der Waals surface area contributed by atoms with Gasteiger partial charge in [0.1, 0.15) is 6.54 Å². The number of carbonyl (C=O) groups is 1. The summed E-state index contributed by atoms with van der Waals surface area (Å²) in [5.41, 5.74) is 1.90. The lowest BCUT2D eigenvalue weighted by Crippen LogP contribution is -2.28. The van der Waals surface area contributed by atoms with E-state index in [1.807, 2.05) is 47.2 Å². The molecule has 6 heteroatoms. The van der Waals surface area contributed by atoms with Gasteiger partial charge in [0.15, 0.2) is 0 Å². The lowest BCUT2D eigenvalue weighted by molar-refractivity contribution is -0.121. The molecular formula is C19H21N5O. The number of carbonyl (C=O) groups excluding carboxylic acids is 1. The fourth-order valence-corrected chi connectivity index (χ4v) is 3.23. The summed E-state index contributed by atoms with van der Waals surface area (Å²) >= 11 is 0. The van der Waals surface area contributed by atoms with Gasteiger partial charge in [-0.15, -0.1) is 0 Å². The van der Waals surface area contributed by atoms with Crippen molar-refractivity contribution in [3.63, 3.8) is 0 Å². The number of rotatable bonds is 5. The van der Waals surface area contributed by atoms with Crippen molar-refractivity contribution in [1.82, 2.24) is 19.9 Å². The number of hydrogen-bond acceptors (Lipinski definition) is 4. The lowest BCUT2D eigenvalue weighted by atomic mass is 10.2. The summed E-state index contributed by atoms with van der Waals surface area (Å²) in [6, 6.07) is 11.9. The second-order valence-electron chi connectivity index (χ2n) is 6.32. The van der Waals surface area contributed by atoms with Crippen LogP contribution in [0.15, 0.2) is 48.8 Å². The Morgan fingerprint density at radius 3 is 2.84 bits per heavy atom. The van der Waals surface area contributed by atoms with Gasteiger partial charge in [0.05, 0.1) is 12.2 Å². The summed E-state index contributed by atoms with van der Waals surface area (Å²) < 4.78 is 1.96. The third-order valence-corrected chi connectivity index (χ3v) is 4.55. The molecule has 6 nitrogen and oxygen atoms in total. The van der Waals surface area contributed by atoms with Crippen LogP contribution < -0.4 is 10.2 Å². The highest BCUT2D eigenvalue weighted by molar-refractivity contribution is 5.83. The van der Waals surface area contributed by atoms with Crippen LogP contribution in [0.2, 0.25) is 0 Å². The average molecular weight is 335 g/mol. The van der Waals surface area contributed by atoms with Crippen molar-refractivity contribution in [3.05, 3.63) is 54.5 Å². The van der Waals surface area contributed by atoms with E-state index in [2.05, 4.69) is 20.2 Å². The zero-order chi connectivity index (χ0) is 17.1. The van der Waals surface area contributed by atoms with Crippen molar-refractivity contribution in [2.75, 3.05) is 18.0 Å². The van der Waals surface area contributed by atoms with E-state index in [1.54, 1.807) is 6.20 Å². The summed E-state index contributed by atoms with van der Waals surface area (Å²) in [4.78, 5) is 23.4. The van der Waals surface area contributed by atoms with Crippen LogP contribution >= 0.6 is 0 Å². The molecule has 1 N–H and O–H groups in total. The number of benzene rings is 1. The maximum absolute atomic E-state index is 12.3. The number of hydrogen-bond donors (Lipinski definition) is 1. The number of para-hydroxylation sites is 1. The molecular weight excluding hydrogens is 314 g/mol. The summed E-state index contributed by atoms with van der Waals surface area (Å²) in [5.74, 6) is 0.739. The Balaban J connectivity index is 1.38. The van der Waals surface area contributed by atoms with Gasteiger partial charge in [0.2, 0.25) is 11.9 Å². The largest absolute Gasteiger partial charge is 0.349 e. The van der Waals surface area contributed by atoms with E-state index in [4.69, 9.17) is 0 Å². The van der Waals surface area contributed by atoms with Crippen LogP contribution in [-0.2, 0) is 17.9 Å². The molecule has 1 aromatic carbocycles. The Hall–Kier alpha value is -2.89. The van der Waals surface area contributed by atoms with Crippen LogP contribution in [0, 0.1) is 0 Å². The highest BCUT2D eigenvalue weighted by Crippen LogP contribution is 2.16. The van der Waals surface area contributed by atoms with Gasteiger partial charge in [-0.2, -0.15) is 0 Å². The summed E-state index contributed by atoms with van der Waals surface area (Å²) in [5, 5.41) is 4.09. The van der Waals surface area contributed by atoms with Crippen LogP contribution in [0.25, 0.3) is 10.9 Å². The van der Waals surface area contributed by atoms with Crippen LogP contribution in [0.5, 0.6) is 0 Å². The van der Waals surface area contributed by atoms with Crippen molar-refractivity contribution in [2.24, 2.45) is 0 Å². The first-order valence-corrected chi connectivity index (χ1v) is 8.67. The van der Waals surface area contributed by atoms with E-state index in [0.29, 0.717) is 13.1 Å². The number of amides is 1. The molecule has 4 rings (SSSR count). The number of nitrogens with zero attached hydrogens (tertiary/aromatic N) is 4. The van der Waals surface area contributed by atoms with E-state index in [9.17, 15) is 4.79 Å². The molecule has 1 aliphatic rings. The fraction of sp³-hybridized carbons (Fsp3) is 0.316. The maximum Gasteiger partial charge on any atom is 0.240 e. The van der Waals surface area contributed by atoms with E-state index >= 15 is 0 Å². The zero-order valence-electron chi connectivity index (χ0n) is 14.1. The molecule has 0 radical (unpaired) electrons. The molecule has 0 spiro atoms. The van der Waals surface area contributed by atoms with Crippen molar-refractivity contribution in [1.29, 1.82) is 0 Å². The van der Waals surface area contributed by atoms with Crippen LogP contribution in [0.1, 0.15) is 18.5 Å². The molecule has 0 atom stereocenters. The smallest absolute Gasteiger partial charge is 0.240 e. The predicted molar refractivity (Wildman–Crippen MR) is 97.3 cm³/mol. The molecule has 1 aliphatic heterocycles. The third-order valence-electron chi connectivity index (χ3n) is 4.55. The predicted octanol–water partition coefficient (Wildman–Crippen LogP) is 2.35. The van der Waals surface area contributed by atoms with E-state index in [0.717, 1.165) is 35.6 Å². The summed E-state index contributed by atoms with van der Waals surface area (Å²) in [7, 11) is 0. The highest BCUT2D eigenvalue weighted by atomic mass is 16.1. The molecule has 1 fully saturated rings. The van der Waals surface area contributed by atoms with Gasteiger partial charge in [-0.1, -0.05) is 18.2 Å². The van der Waals surface area contributed by atoms with E-state index < -0.39 is 0 Å². The minimum absolute atomic E-state index is 0.0253. The minimum atomic E-state index is -0.0253. The fourth-order valence-electron chi connectivity index (χ4n) is 3.23. The maximum atomic E-state index is 12.3. The Kier molecular flexibility index (Phi) is 4.33. The second-order valence-corrected chi connectivity index (χ2v) is 6.32. The second kappa shape index (κ2) is 6.93. The minimum Gasteiger partial charge on any atom is -0.349 e. The Morgan fingerprint density at radius 1 is 1.12 bits per heavy atom. The monoisotopic (exact) mass is 335 g/mol. The molecule has 1 saturated heterocycles. The van der Waals surface area contributed by atoms with Gasteiger partial charge in [-0.3, -0.25) is 4.79 Å². The Labute approximate surface area is 146 Å². The molecule has 0 bridgehead atoms. The first-order chi connectivity index (χ1) is 12.3. The first-order valence-electron chi connectivity index (χ1n) is 8.67. The normalized spacial score (nSPS) is 14.2. The van der Waals surface area contributed by atoms with Gasteiger partial charge in [-0.25, -0.2) is 9.97 Å². The molecule has 3 heterocycles. The van der Waals surface area contributed by atoms with E-state index in [1.165, 1.54) is 12.8 Å². The van der Waals surface area contributed by atoms with Crippen LogP contribution in [-0.4, -0.2) is 33.5 Å². The highest BCUT2D eigenvalue weighted by Gasteiger charge is 2.15. The molecule has 25 heavy (non-hydrogen) atoms. The molecule has 128 valence electrons. The van der Waals surface area contributed by atoms with Gasteiger partial charge in [-0.05, 0) is 36.4 Å². The standard InChI is InChI=1S/C19H21N5O/c25-18(14-24-12-8-15-5-1-2-6-17(15)24)21-13-16-7-9-20-19(22-16)23-10-3-4-11-23/h1-2,5-9,12H,3-4,10-11,13-14H2,(H,21,25). The van der Waals surface area contributed by atoms with Gasteiger partial charge in [0, 0.05) is 31.0 Å². The van der Waals surface area contributed by atoms with Gasteiger partial charge >= 0.3 is 0 Å². The van der Waals surface area contributed by atoms with Crippen molar-refractivity contribution in [2.45, 2.75) is 25.9 Å². The number of nitrogens with one attached hydrogen (secondary N) is 1. The van der Waals surface area contributed by atoms with Crippen molar-refractivity contribution in [3.8, 4) is 0 Å². The van der Waals surface area contributed by atoms with Crippen LogP contribution in [0.3, 0.4) is 0 Å². The summed E-state index contributed by atoms with van der Waals surface area (Å²) in [6.07, 6.45) is 6.09. The third kappa shape index (κ3) is 3.47. The average Bonchev–Trinajstić information content (AvgIpc) is 3.31. The molecule has 0 unspecified atom stereocenters.